The molecule has 0 amide bonds. The zero-order chi connectivity index (χ0) is 36.8. The number of benzene rings is 2. The second-order valence-corrected chi connectivity index (χ2v) is 14.5. The van der Waals surface area contributed by atoms with Gasteiger partial charge in [0.25, 0.3) is 0 Å². The van der Waals surface area contributed by atoms with Gasteiger partial charge in [-0.3, -0.25) is 0 Å². The molecule has 2 saturated carbocycles. The van der Waals surface area contributed by atoms with Crippen molar-refractivity contribution >= 4 is 0 Å². The lowest BCUT2D eigenvalue weighted by molar-refractivity contribution is 0.294. The molecule has 0 aliphatic heterocycles. The van der Waals surface area contributed by atoms with Crippen molar-refractivity contribution in [3.8, 4) is 35.2 Å². The number of ether oxygens (including phenoxy) is 2. The van der Waals surface area contributed by atoms with Crippen LogP contribution >= 0.6 is 0 Å². The molecule has 0 radical (unpaired) electrons. The molecule has 282 valence electrons. The van der Waals surface area contributed by atoms with E-state index in [4.69, 9.17) is 9.47 Å². The van der Waals surface area contributed by atoms with Crippen LogP contribution in [-0.2, 0) is 0 Å². The molecule has 0 unspecified atom stereocenters. The fourth-order valence-corrected chi connectivity index (χ4v) is 7.00. The molecule has 2 fully saturated rings. The van der Waals surface area contributed by atoms with Crippen LogP contribution in [0.5, 0.6) is 11.5 Å². The van der Waals surface area contributed by atoms with Crippen LogP contribution in [0.2, 0.25) is 0 Å². The predicted octanol–water partition coefficient (Wildman–Crippen LogP) is 13.4. The van der Waals surface area contributed by atoms with Gasteiger partial charge in [-0.05, 0) is 100 Å². The van der Waals surface area contributed by atoms with Crippen LogP contribution in [-0.4, -0.2) is 13.2 Å². The molecule has 0 aromatic heterocycles. The Hall–Kier alpha value is -3.12. The lowest BCUT2D eigenvalue weighted by Crippen LogP contribution is -2.13. The number of rotatable bonds is 15. The van der Waals surface area contributed by atoms with Crippen LogP contribution in [0.3, 0.4) is 0 Å². The van der Waals surface area contributed by atoms with E-state index in [2.05, 4.69) is 37.5 Å². The second kappa shape index (κ2) is 24.2. The zero-order valence-electron chi connectivity index (χ0n) is 31.8. The van der Waals surface area contributed by atoms with Crippen molar-refractivity contribution in [1.82, 2.24) is 0 Å². The highest BCUT2D eigenvalue weighted by atomic mass is 19.2. The third-order valence-electron chi connectivity index (χ3n) is 10.2. The number of unbranched alkanes of at least 4 members (excludes halogenated alkanes) is 5. The molecule has 0 spiro atoms. The largest absolute Gasteiger partial charge is 0.490 e. The number of hydrogen-bond donors (Lipinski definition) is 0. The fraction of sp³-hybridized carbons (Fsp3) is 0.644. The topological polar surface area (TPSA) is 18.5 Å². The van der Waals surface area contributed by atoms with Gasteiger partial charge in [-0.1, -0.05) is 109 Å². The predicted molar refractivity (Wildman–Crippen MR) is 202 cm³/mol. The lowest BCUT2D eigenvalue weighted by Gasteiger charge is -2.25. The van der Waals surface area contributed by atoms with Gasteiger partial charge >= 0.3 is 0 Å². The van der Waals surface area contributed by atoms with E-state index in [1.54, 1.807) is 0 Å². The smallest absolute Gasteiger partial charge is 0.201 e. The van der Waals surface area contributed by atoms with E-state index in [1.165, 1.54) is 108 Å². The van der Waals surface area contributed by atoms with Crippen LogP contribution in [0.1, 0.15) is 161 Å². The molecule has 6 heteroatoms. The van der Waals surface area contributed by atoms with Crippen LogP contribution in [0.4, 0.5) is 17.6 Å². The molecular formula is C45H62F4O2. The van der Waals surface area contributed by atoms with Gasteiger partial charge in [0, 0.05) is 11.8 Å². The Morgan fingerprint density at radius 1 is 0.490 bits per heavy atom. The van der Waals surface area contributed by atoms with Crippen molar-refractivity contribution in [2.24, 2.45) is 23.7 Å². The highest BCUT2D eigenvalue weighted by Crippen LogP contribution is 2.33. The van der Waals surface area contributed by atoms with E-state index in [0.717, 1.165) is 50.4 Å². The van der Waals surface area contributed by atoms with E-state index in [-0.39, 0.29) is 22.6 Å². The van der Waals surface area contributed by atoms with Gasteiger partial charge in [0.1, 0.15) is 0 Å². The van der Waals surface area contributed by atoms with E-state index in [0.29, 0.717) is 25.0 Å². The first-order valence-corrected chi connectivity index (χ1v) is 20.1. The zero-order valence-corrected chi connectivity index (χ0v) is 31.8. The van der Waals surface area contributed by atoms with Crippen LogP contribution < -0.4 is 9.47 Å². The molecule has 2 aromatic rings. The summed E-state index contributed by atoms with van der Waals surface area (Å²) in [5.74, 6) is 10.6. The average molecular weight is 711 g/mol. The summed E-state index contributed by atoms with van der Waals surface area (Å²) < 4.78 is 66.7. The highest BCUT2D eigenvalue weighted by molar-refractivity contribution is 5.42. The molecule has 0 saturated heterocycles. The summed E-state index contributed by atoms with van der Waals surface area (Å²) in [6.07, 6.45) is 22.5. The Labute approximate surface area is 306 Å². The third kappa shape index (κ3) is 14.8. The quantitative estimate of drug-likeness (QED) is 0.104. The van der Waals surface area contributed by atoms with Gasteiger partial charge in [0.05, 0.1) is 24.3 Å². The summed E-state index contributed by atoms with van der Waals surface area (Å²) in [6, 6.07) is 6.00. The highest BCUT2D eigenvalue weighted by Gasteiger charge is 2.21. The van der Waals surface area contributed by atoms with Crippen molar-refractivity contribution in [2.45, 2.75) is 150 Å². The number of hydrogen-bond acceptors (Lipinski definition) is 2. The minimum Gasteiger partial charge on any atom is -0.490 e. The van der Waals surface area contributed by atoms with Crippen molar-refractivity contribution in [3.63, 3.8) is 0 Å². The summed E-state index contributed by atoms with van der Waals surface area (Å²) in [5.41, 5.74) is 0.263. The van der Waals surface area contributed by atoms with Gasteiger partial charge in [-0.25, -0.2) is 8.78 Å². The molecule has 0 N–H and O–H groups in total. The maximum atomic E-state index is 14.2. The lowest BCUT2D eigenvalue weighted by atomic mass is 9.80. The molecule has 2 nitrogen and oxygen atoms in total. The van der Waals surface area contributed by atoms with E-state index < -0.39 is 23.3 Å². The molecule has 2 aliphatic rings. The molecule has 0 atom stereocenters. The maximum absolute atomic E-state index is 14.2. The average Bonchev–Trinajstić information content (AvgIpc) is 3.15. The van der Waals surface area contributed by atoms with E-state index >= 15 is 0 Å². The van der Waals surface area contributed by atoms with Crippen molar-refractivity contribution in [2.75, 3.05) is 13.2 Å². The Balaban J connectivity index is 0.000000276. The van der Waals surface area contributed by atoms with Crippen LogP contribution in [0, 0.1) is 70.6 Å². The Morgan fingerprint density at radius 3 is 1.27 bits per heavy atom. The van der Waals surface area contributed by atoms with Gasteiger partial charge < -0.3 is 9.47 Å². The molecule has 2 aliphatic carbocycles. The van der Waals surface area contributed by atoms with Crippen LogP contribution in [0.25, 0.3) is 0 Å². The Morgan fingerprint density at radius 2 is 0.882 bits per heavy atom. The minimum absolute atomic E-state index is 0.0292. The third-order valence-corrected chi connectivity index (χ3v) is 10.2. The first-order chi connectivity index (χ1) is 24.8. The maximum Gasteiger partial charge on any atom is 0.201 e. The summed E-state index contributed by atoms with van der Waals surface area (Å²) in [7, 11) is 0. The summed E-state index contributed by atoms with van der Waals surface area (Å²) in [4.78, 5) is 0. The Kier molecular flexibility index (Phi) is 20.1. The first-order valence-electron chi connectivity index (χ1n) is 20.1. The number of halogens is 4. The summed E-state index contributed by atoms with van der Waals surface area (Å²) >= 11 is 0. The standard InChI is InChI=1S/C23H32F2O.C22H30F2O/c1-3-5-6-7-8-18-9-11-19(12-10-18)13-14-20-15-16-21(26-17-4-2)23(25)22(20)24;1-3-5-6-7-17-8-10-18(11-9-17)12-13-19-14-15-20(25-16-4-2)22(24)21(19)23/h15-16,18-19H,3-12,17H2,1-2H3;14-15,17-18H,3-11,16H2,1-2H3/t18-,19-;17-,18-. The Bertz CT molecular complexity index is 1420. The second-order valence-electron chi connectivity index (χ2n) is 14.5. The van der Waals surface area contributed by atoms with Gasteiger partial charge in [-0.2, -0.15) is 8.78 Å². The molecule has 0 heterocycles. The van der Waals surface area contributed by atoms with Gasteiger partial charge in [-0.15, -0.1) is 0 Å². The molecule has 4 rings (SSSR count). The monoisotopic (exact) mass is 710 g/mol. The fourth-order valence-electron chi connectivity index (χ4n) is 7.00. The molecule has 51 heavy (non-hydrogen) atoms. The van der Waals surface area contributed by atoms with E-state index in [1.807, 2.05) is 13.8 Å². The normalized spacial score (nSPS) is 19.8. The molecular weight excluding hydrogens is 648 g/mol. The van der Waals surface area contributed by atoms with Crippen LogP contribution in [0.15, 0.2) is 24.3 Å². The van der Waals surface area contributed by atoms with Crippen molar-refractivity contribution in [1.29, 1.82) is 0 Å². The summed E-state index contributed by atoms with van der Waals surface area (Å²) in [5, 5.41) is 0. The molecule has 0 bridgehead atoms. The summed E-state index contributed by atoms with van der Waals surface area (Å²) in [6.45, 7) is 9.08. The van der Waals surface area contributed by atoms with E-state index in [9.17, 15) is 17.6 Å². The van der Waals surface area contributed by atoms with Crippen molar-refractivity contribution < 1.29 is 27.0 Å². The van der Waals surface area contributed by atoms with Gasteiger partial charge in [0.2, 0.25) is 11.6 Å². The molecule has 2 aromatic carbocycles. The van der Waals surface area contributed by atoms with Crippen molar-refractivity contribution in [3.05, 3.63) is 58.7 Å². The van der Waals surface area contributed by atoms with Gasteiger partial charge in [0.15, 0.2) is 23.1 Å². The first kappa shape index (κ1) is 42.3. The minimum atomic E-state index is -0.931. The SMILES string of the molecule is CCCCCC[C@H]1CC[C@H](C#Cc2ccc(OCCC)c(F)c2F)CC1.CCCCC[C@H]1CC[C@H](C#Cc2ccc(OCCC)c(F)c2F)CC1.